The van der Waals surface area contributed by atoms with E-state index >= 15 is 0 Å². The molecule has 0 aliphatic heterocycles. The summed E-state index contributed by atoms with van der Waals surface area (Å²) in [6.07, 6.45) is 5.46. The van der Waals surface area contributed by atoms with Gasteiger partial charge in [-0.25, -0.2) is 18.1 Å². The van der Waals surface area contributed by atoms with Gasteiger partial charge < -0.3 is 0 Å². The number of hydrogen-bond donors (Lipinski definition) is 1. The molecule has 0 saturated carbocycles. The van der Waals surface area contributed by atoms with E-state index in [0.29, 0.717) is 13.0 Å². The Balaban J connectivity index is 1.96. The number of rotatable bonds is 6. The third-order valence-electron chi connectivity index (χ3n) is 2.58. The third-order valence-corrected chi connectivity index (χ3v) is 4.07. The lowest BCUT2D eigenvalue weighted by Gasteiger charge is -2.07. The molecule has 0 aliphatic rings. The van der Waals surface area contributed by atoms with Gasteiger partial charge in [0.2, 0.25) is 10.0 Å². The Morgan fingerprint density at radius 3 is 2.90 bits per heavy atom. The van der Waals surface area contributed by atoms with Crippen molar-refractivity contribution < 1.29 is 8.42 Å². The standard InChI is InChI=1S/C12H13N5O2S/c13-10-11-12(4-1-5-14-11)20(18,19)16-7-3-9-17-8-2-6-15-17/h1-2,4-6,8,16H,3,7,9H2. The summed E-state index contributed by atoms with van der Waals surface area (Å²) < 4.78 is 28.3. The van der Waals surface area contributed by atoms with Crippen LogP contribution in [0.25, 0.3) is 0 Å². The number of aryl methyl sites for hydroxylation is 1. The summed E-state index contributed by atoms with van der Waals surface area (Å²) in [6.45, 7) is 0.885. The van der Waals surface area contributed by atoms with Crippen LogP contribution in [0.1, 0.15) is 12.1 Å². The first-order chi connectivity index (χ1) is 9.63. The van der Waals surface area contributed by atoms with Crippen molar-refractivity contribution in [1.82, 2.24) is 19.5 Å². The SMILES string of the molecule is N#Cc1ncccc1S(=O)(=O)NCCCn1cccn1. The van der Waals surface area contributed by atoms with Crippen LogP contribution in [-0.4, -0.2) is 29.7 Å². The van der Waals surface area contributed by atoms with Crippen LogP contribution < -0.4 is 4.72 Å². The van der Waals surface area contributed by atoms with E-state index in [-0.39, 0.29) is 17.1 Å². The second-order valence-electron chi connectivity index (χ2n) is 3.98. The monoisotopic (exact) mass is 291 g/mol. The molecule has 8 heteroatoms. The molecule has 2 aromatic rings. The van der Waals surface area contributed by atoms with E-state index in [9.17, 15) is 8.42 Å². The average molecular weight is 291 g/mol. The van der Waals surface area contributed by atoms with Crippen molar-refractivity contribution in [3.63, 3.8) is 0 Å². The van der Waals surface area contributed by atoms with E-state index in [4.69, 9.17) is 5.26 Å². The molecule has 0 aromatic carbocycles. The topological polar surface area (TPSA) is 101 Å². The summed E-state index contributed by atoms with van der Waals surface area (Å²) in [5.41, 5.74) is -0.105. The van der Waals surface area contributed by atoms with Gasteiger partial charge in [-0.2, -0.15) is 10.4 Å². The Bertz CT molecular complexity index is 704. The molecule has 2 heterocycles. The van der Waals surface area contributed by atoms with Crippen LogP contribution in [0.4, 0.5) is 0 Å². The zero-order valence-electron chi connectivity index (χ0n) is 10.6. The molecule has 2 rings (SSSR count). The Hall–Kier alpha value is -2.24. The molecule has 0 radical (unpaired) electrons. The molecule has 0 fully saturated rings. The van der Waals surface area contributed by atoms with Crippen LogP contribution >= 0.6 is 0 Å². The molecular formula is C12H13N5O2S. The normalized spacial score (nSPS) is 11.2. The second-order valence-corrected chi connectivity index (χ2v) is 5.72. The van der Waals surface area contributed by atoms with Crippen molar-refractivity contribution in [2.75, 3.05) is 6.54 Å². The molecule has 0 aliphatic carbocycles. The van der Waals surface area contributed by atoms with Crippen LogP contribution in [-0.2, 0) is 16.6 Å². The van der Waals surface area contributed by atoms with Gasteiger partial charge in [-0.3, -0.25) is 4.68 Å². The van der Waals surface area contributed by atoms with Crippen molar-refractivity contribution in [3.05, 3.63) is 42.5 Å². The fourth-order valence-corrected chi connectivity index (χ4v) is 2.83. The van der Waals surface area contributed by atoms with Gasteiger partial charge >= 0.3 is 0 Å². The van der Waals surface area contributed by atoms with Crippen molar-refractivity contribution in [2.24, 2.45) is 0 Å². The van der Waals surface area contributed by atoms with Gasteiger partial charge in [-0.05, 0) is 24.6 Å². The first-order valence-corrected chi connectivity index (χ1v) is 7.44. The minimum absolute atomic E-state index is 0.0958. The van der Waals surface area contributed by atoms with Gasteiger partial charge in [0.15, 0.2) is 5.69 Å². The molecule has 0 unspecified atom stereocenters. The number of hydrogen-bond acceptors (Lipinski definition) is 5. The highest BCUT2D eigenvalue weighted by Gasteiger charge is 2.18. The van der Waals surface area contributed by atoms with Gasteiger partial charge in [0.1, 0.15) is 11.0 Å². The van der Waals surface area contributed by atoms with E-state index in [2.05, 4.69) is 14.8 Å². The number of pyridine rings is 1. The summed E-state index contributed by atoms with van der Waals surface area (Å²) in [5, 5.41) is 12.9. The highest BCUT2D eigenvalue weighted by atomic mass is 32.2. The lowest BCUT2D eigenvalue weighted by molar-refractivity contribution is 0.552. The minimum Gasteiger partial charge on any atom is -0.273 e. The molecule has 0 bridgehead atoms. The molecule has 20 heavy (non-hydrogen) atoms. The zero-order valence-corrected chi connectivity index (χ0v) is 11.4. The summed E-state index contributed by atoms with van der Waals surface area (Å²) in [4.78, 5) is 3.64. The Morgan fingerprint density at radius 2 is 2.20 bits per heavy atom. The van der Waals surface area contributed by atoms with Crippen LogP contribution in [0.5, 0.6) is 0 Å². The summed E-state index contributed by atoms with van der Waals surface area (Å²) in [7, 11) is -3.71. The highest BCUT2D eigenvalue weighted by molar-refractivity contribution is 7.89. The number of nitrogens with zero attached hydrogens (tertiary/aromatic N) is 4. The van der Waals surface area contributed by atoms with Crippen molar-refractivity contribution >= 4 is 10.0 Å². The van der Waals surface area contributed by atoms with Crippen molar-refractivity contribution in [3.8, 4) is 6.07 Å². The molecule has 2 aromatic heterocycles. The first-order valence-electron chi connectivity index (χ1n) is 5.96. The maximum absolute atomic E-state index is 12.0. The predicted molar refractivity (Wildman–Crippen MR) is 71.0 cm³/mol. The van der Waals surface area contributed by atoms with E-state index in [0.717, 1.165) is 0 Å². The van der Waals surface area contributed by atoms with Crippen LogP contribution in [0.15, 0.2) is 41.7 Å². The molecule has 0 saturated heterocycles. The Morgan fingerprint density at radius 1 is 1.35 bits per heavy atom. The Kier molecular flexibility index (Phi) is 4.45. The predicted octanol–water partition coefficient (Wildman–Crippen LogP) is 0.518. The molecule has 104 valence electrons. The maximum Gasteiger partial charge on any atom is 0.243 e. The van der Waals surface area contributed by atoms with Crippen LogP contribution in [0.2, 0.25) is 0 Å². The van der Waals surface area contributed by atoms with E-state index < -0.39 is 10.0 Å². The maximum atomic E-state index is 12.0. The summed E-state index contributed by atoms with van der Waals surface area (Å²) in [5.74, 6) is 0. The van der Waals surface area contributed by atoms with Crippen molar-refractivity contribution in [1.29, 1.82) is 5.26 Å². The number of nitriles is 1. The number of nitrogens with one attached hydrogen (secondary N) is 1. The Labute approximate surface area is 116 Å². The van der Waals surface area contributed by atoms with E-state index in [1.165, 1.54) is 18.3 Å². The molecule has 0 spiro atoms. The van der Waals surface area contributed by atoms with E-state index in [1.807, 2.05) is 6.20 Å². The fraction of sp³-hybridized carbons (Fsp3) is 0.250. The van der Waals surface area contributed by atoms with Gasteiger partial charge in [-0.1, -0.05) is 0 Å². The van der Waals surface area contributed by atoms with E-state index in [1.54, 1.807) is 23.0 Å². The van der Waals surface area contributed by atoms with Crippen LogP contribution in [0, 0.1) is 11.3 Å². The molecule has 7 nitrogen and oxygen atoms in total. The third kappa shape index (κ3) is 3.40. The zero-order chi connectivity index (χ0) is 14.4. The second kappa shape index (κ2) is 6.27. The lowest BCUT2D eigenvalue weighted by atomic mass is 10.4. The number of sulfonamides is 1. The van der Waals surface area contributed by atoms with Gasteiger partial charge in [0.25, 0.3) is 0 Å². The van der Waals surface area contributed by atoms with Gasteiger partial charge in [0.05, 0.1) is 0 Å². The smallest absolute Gasteiger partial charge is 0.243 e. The molecule has 0 amide bonds. The quantitative estimate of drug-likeness (QED) is 0.782. The van der Waals surface area contributed by atoms with Gasteiger partial charge in [0, 0.05) is 31.7 Å². The average Bonchev–Trinajstić information content (AvgIpc) is 2.97. The largest absolute Gasteiger partial charge is 0.273 e. The first kappa shape index (κ1) is 14.2. The van der Waals surface area contributed by atoms with Crippen molar-refractivity contribution in [2.45, 2.75) is 17.9 Å². The van der Waals surface area contributed by atoms with Gasteiger partial charge in [-0.15, -0.1) is 0 Å². The molecule has 1 N–H and O–H groups in total. The lowest BCUT2D eigenvalue weighted by Crippen LogP contribution is -2.26. The minimum atomic E-state index is -3.71. The number of aromatic nitrogens is 3. The molecule has 0 atom stereocenters. The summed E-state index contributed by atoms with van der Waals surface area (Å²) >= 11 is 0. The summed E-state index contributed by atoms with van der Waals surface area (Å²) in [6, 6.07) is 6.42. The highest BCUT2D eigenvalue weighted by Crippen LogP contribution is 2.11. The fourth-order valence-electron chi connectivity index (χ4n) is 1.65. The van der Waals surface area contributed by atoms with Crippen LogP contribution in [0.3, 0.4) is 0 Å². The molecular weight excluding hydrogens is 278 g/mol.